The van der Waals surface area contributed by atoms with Crippen LogP contribution in [0.2, 0.25) is 5.02 Å². The van der Waals surface area contributed by atoms with E-state index in [1.54, 1.807) is 7.11 Å². The van der Waals surface area contributed by atoms with Gasteiger partial charge in [0.05, 0.1) is 34.5 Å². The monoisotopic (exact) mass is 371 g/mol. The van der Waals surface area contributed by atoms with E-state index in [-0.39, 0.29) is 0 Å². The molecule has 0 atom stereocenters. The maximum atomic E-state index is 6.40. The Bertz CT molecular complexity index is 628. The Hall–Kier alpha value is -1.20. The number of nitrogens with zero attached hydrogens (tertiary/aromatic N) is 2. The highest BCUT2D eigenvalue weighted by molar-refractivity contribution is 9.10. The molecule has 2 aromatic rings. The van der Waals surface area contributed by atoms with Crippen molar-refractivity contribution in [2.24, 2.45) is 0 Å². The summed E-state index contributed by atoms with van der Waals surface area (Å²) >= 11 is 9.88. The number of hydrogen-bond acceptors (Lipinski definition) is 3. The molecule has 0 aliphatic carbocycles. The molecule has 0 saturated carbocycles. The Balaban J connectivity index is 2.16. The molecule has 0 fully saturated rings. The quantitative estimate of drug-likeness (QED) is 0.811. The van der Waals surface area contributed by atoms with E-state index in [4.69, 9.17) is 16.3 Å². The van der Waals surface area contributed by atoms with Gasteiger partial charge in [-0.3, -0.25) is 4.68 Å². The number of methoxy groups -OCH3 is 1. The summed E-state index contributed by atoms with van der Waals surface area (Å²) in [7, 11) is 1.65. The first-order valence-corrected chi connectivity index (χ1v) is 8.09. The lowest BCUT2D eigenvalue weighted by molar-refractivity contribution is 0.412. The van der Waals surface area contributed by atoms with E-state index in [2.05, 4.69) is 40.2 Å². The molecule has 1 heterocycles. The van der Waals surface area contributed by atoms with Crippen molar-refractivity contribution in [3.05, 3.63) is 39.1 Å². The Morgan fingerprint density at radius 2 is 2.14 bits per heavy atom. The van der Waals surface area contributed by atoms with Gasteiger partial charge >= 0.3 is 0 Å². The van der Waals surface area contributed by atoms with Crippen LogP contribution in [0, 0.1) is 0 Å². The molecule has 21 heavy (non-hydrogen) atoms. The van der Waals surface area contributed by atoms with Crippen LogP contribution in [0.4, 0.5) is 5.69 Å². The standard InChI is InChI=1S/C15H19BrClN3O/c1-4-12-15(17)13(20(5-2)19-12)9-18-10-6-7-14(21-3)11(16)8-10/h6-8,18H,4-5,9H2,1-3H3. The van der Waals surface area contributed by atoms with E-state index >= 15 is 0 Å². The van der Waals surface area contributed by atoms with E-state index in [9.17, 15) is 0 Å². The van der Waals surface area contributed by atoms with Gasteiger partial charge in [-0.1, -0.05) is 18.5 Å². The molecule has 1 N–H and O–H groups in total. The number of halogens is 2. The molecule has 0 aliphatic rings. The minimum absolute atomic E-state index is 0.637. The molecule has 4 nitrogen and oxygen atoms in total. The largest absolute Gasteiger partial charge is 0.496 e. The number of anilines is 1. The van der Waals surface area contributed by atoms with Gasteiger partial charge in [-0.25, -0.2) is 0 Å². The predicted octanol–water partition coefficient (Wildman–Crippen LogP) is 4.50. The SMILES string of the molecule is CCc1nn(CC)c(CNc2ccc(OC)c(Br)c2)c1Cl. The molecule has 0 spiro atoms. The smallest absolute Gasteiger partial charge is 0.133 e. The lowest BCUT2D eigenvalue weighted by Gasteiger charge is -2.10. The van der Waals surface area contributed by atoms with Crippen LogP contribution in [0.1, 0.15) is 25.2 Å². The lowest BCUT2D eigenvalue weighted by Crippen LogP contribution is -2.08. The van der Waals surface area contributed by atoms with Crippen LogP contribution in [-0.4, -0.2) is 16.9 Å². The summed E-state index contributed by atoms with van der Waals surface area (Å²) < 4.78 is 8.09. The van der Waals surface area contributed by atoms with Crippen molar-refractivity contribution >= 4 is 33.2 Å². The van der Waals surface area contributed by atoms with Gasteiger partial charge in [-0.2, -0.15) is 5.10 Å². The molecular weight excluding hydrogens is 354 g/mol. The Labute approximate surface area is 138 Å². The van der Waals surface area contributed by atoms with Gasteiger partial charge in [0.2, 0.25) is 0 Å². The highest BCUT2D eigenvalue weighted by Gasteiger charge is 2.14. The Morgan fingerprint density at radius 1 is 1.38 bits per heavy atom. The molecule has 6 heteroatoms. The second-order valence-electron chi connectivity index (χ2n) is 4.58. The molecular formula is C15H19BrClN3O. The van der Waals surface area contributed by atoms with Gasteiger partial charge in [-0.05, 0) is 47.5 Å². The minimum Gasteiger partial charge on any atom is -0.496 e. The number of rotatable bonds is 6. The first kappa shape index (κ1) is 16.2. The fourth-order valence-electron chi connectivity index (χ4n) is 2.15. The summed E-state index contributed by atoms with van der Waals surface area (Å²) in [5, 5.41) is 8.66. The third-order valence-electron chi connectivity index (χ3n) is 3.31. The number of nitrogens with one attached hydrogen (secondary N) is 1. The lowest BCUT2D eigenvalue weighted by atomic mass is 10.2. The van der Waals surface area contributed by atoms with Crippen molar-refractivity contribution < 1.29 is 4.74 Å². The first-order valence-electron chi connectivity index (χ1n) is 6.92. The molecule has 114 valence electrons. The fourth-order valence-corrected chi connectivity index (χ4v) is 3.02. The van der Waals surface area contributed by atoms with Gasteiger partial charge < -0.3 is 10.1 Å². The normalized spacial score (nSPS) is 10.7. The van der Waals surface area contributed by atoms with E-state index < -0.39 is 0 Å². The first-order chi connectivity index (χ1) is 10.1. The maximum absolute atomic E-state index is 6.40. The average molecular weight is 373 g/mol. The van der Waals surface area contributed by atoms with Crippen LogP contribution >= 0.6 is 27.5 Å². The highest BCUT2D eigenvalue weighted by Crippen LogP contribution is 2.28. The molecule has 2 rings (SSSR count). The van der Waals surface area contributed by atoms with Crippen molar-refractivity contribution in [1.82, 2.24) is 9.78 Å². The predicted molar refractivity (Wildman–Crippen MR) is 90.3 cm³/mol. The highest BCUT2D eigenvalue weighted by atomic mass is 79.9. The number of hydrogen-bond donors (Lipinski definition) is 1. The average Bonchev–Trinajstić information content (AvgIpc) is 2.80. The Kier molecular flexibility index (Phi) is 5.53. The summed E-state index contributed by atoms with van der Waals surface area (Å²) in [4.78, 5) is 0. The van der Waals surface area contributed by atoms with E-state index in [0.29, 0.717) is 6.54 Å². The van der Waals surface area contributed by atoms with Crippen molar-refractivity contribution in [2.75, 3.05) is 12.4 Å². The molecule has 1 aromatic heterocycles. The van der Waals surface area contributed by atoms with E-state index in [1.165, 1.54) is 0 Å². The number of aromatic nitrogens is 2. The molecule has 0 radical (unpaired) electrons. The number of ether oxygens (including phenoxy) is 1. The summed E-state index contributed by atoms with van der Waals surface area (Å²) in [5.74, 6) is 0.811. The van der Waals surface area contributed by atoms with E-state index in [0.717, 1.165) is 45.3 Å². The fraction of sp³-hybridized carbons (Fsp3) is 0.400. The summed E-state index contributed by atoms with van der Waals surface area (Å²) in [5.41, 5.74) is 2.97. The molecule has 0 aliphatic heterocycles. The van der Waals surface area contributed by atoms with Crippen LogP contribution in [0.25, 0.3) is 0 Å². The molecule has 0 saturated heterocycles. The van der Waals surface area contributed by atoms with Crippen LogP contribution in [0.15, 0.2) is 22.7 Å². The van der Waals surface area contributed by atoms with Crippen LogP contribution in [0.3, 0.4) is 0 Å². The third-order valence-corrected chi connectivity index (χ3v) is 4.36. The number of benzene rings is 1. The van der Waals surface area contributed by atoms with Gasteiger partial charge in [0, 0.05) is 12.2 Å². The van der Waals surface area contributed by atoms with Crippen LogP contribution in [-0.2, 0) is 19.5 Å². The number of aryl methyl sites for hydroxylation is 2. The van der Waals surface area contributed by atoms with Gasteiger partial charge in [0.25, 0.3) is 0 Å². The molecule has 0 amide bonds. The maximum Gasteiger partial charge on any atom is 0.133 e. The summed E-state index contributed by atoms with van der Waals surface area (Å²) in [6.07, 6.45) is 0.840. The zero-order chi connectivity index (χ0) is 15.4. The van der Waals surface area contributed by atoms with Crippen molar-refractivity contribution in [3.63, 3.8) is 0 Å². The molecule has 0 unspecified atom stereocenters. The van der Waals surface area contributed by atoms with Crippen molar-refractivity contribution in [3.8, 4) is 5.75 Å². The van der Waals surface area contributed by atoms with Gasteiger partial charge in [0.15, 0.2) is 0 Å². The van der Waals surface area contributed by atoms with Crippen molar-refractivity contribution in [2.45, 2.75) is 33.4 Å². The van der Waals surface area contributed by atoms with Crippen LogP contribution in [0.5, 0.6) is 5.75 Å². The van der Waals surface area contributed by atoms with Crippen LogP contribution < -0.4 is 10.1 Å². The van der Waals surface area contributed by atoms with E-state index in [1.807, 2.05) is 22.9 Å². The minimum atomic E-state index is 0.637. The second-order valence-corrected chi connectivity index (χ2v) is 5.81. The third kappa shape index (κ3) is 3.52. The Morgan fingerprint density at radius 3 is 2.71 bits per heavy atom. The zero-order valence-corrected chi connectivity index (χ0v) is 14.8. The summed E-state index contributed by atoms with van der Waals surface area (Å²) in [6, 6.07) is 5.88. The zero-order valence-electron chi connectivity index (χ0n) is 12.4. The molecule has 0 bridgehead atoms. The van der Waals surface area contributed by atoms with Gasteiger partial charge in [0.1, 0.15) is 5.75 Å². The van der Waals surface area contributed by atoms with Crippen molar-refractivity contribution in [1.29, 1.82) is 0 Å². The topological polar surface area (TPSA) is 39.1 Å². The molecule has 1 aromatic carbocycles. The summed E-state index contributed by atoms with van der Waals surface area (Å²) in [6.45, 7) is 5.57. The van der Waals surface area contributed by atoms with Gasteiger partial charge in [-0.15, -0.1) is 0 Å². The second kappa shape index (κ2) is 7.18.